The number of rotatable bonds is 6. The van der Waals surface area contributed by atoms with Gasteiger partial charge in [0.25, 0.3) is 0 Å². The van der Waals surface area contributed by atoms with Gasteiger partial charge in [-0.15, -0.1) is 0 Å². The summed E-state index contributed by atoms with van der Waals surface area (Å²) in [5, 5.41) is 0.501. The van der Waals surface area contributed by atoms with Crippen LogP contribution in [0, 0.1) is 0 Å². The van der Waals surface area contributed by atoms with Crippen LogP contribution < -0.4 is 5.19 Å². The Kier molecular flexibility index (Phi) is 4.97. The van der Waals surface area contributed by atoms with Crippen LogP contribution in [-0.2, 0) is 4.43 Å². The zero-order valence-corrected chi connectivity index (χ0v) is 10.0. The van der Waals surface area contributed by atoms with Gasteiger partial charge in [-0.05, 0) is 6.42 Å². The van der Waals surface area contributed by atoms with Crippen molar-refractivity contribution in [3.8, 4) is 0 Å². The van der Waals surface area contributed by atoms with Crippen LogP contribution in [0.1, 0.15) is 26.2 Å². The van der Waals surface area contributed by atoms with Crippen molar-refractivity contribution in [1.82, 2.24) is 0 Å². The van der Waals surface area contributed by atoms with Crippen molar-refractivity contribution < 1.29 is 14.0 Å². The minimum absolute atomic E-state index is 0.419. The van der Waals surface area contributed by atoms with Crippen LogP contribution in [0.4, 0.5) is 0 Å². The quantitative estimate of drug-likeness (QED) is 0.562. The molecule has 0 radical (unpaired) electrons. The largest absolute Gasteiger partial charge is 0.531 e. The predicted molar refractivity (Wildman–Crippen MR) is 61.7 cm³/mol. The fourth-order valence-corrected chi connectivity index (χ4v) is 2.53. The molecule has 0 aliphatic carbocycles. The van der Waals surface area contributed by atoms with Crippen molar-refractivity contribution in [2.24, 2.45) is 0 Å². The fraction of sp³-hybridized carbons (Fsp3) is 0.455. The van der Waals surface area contributed by atoms with Crippen LogP contribution in [-0.4, -0.2) is 25.0 Å². The van der Waals surface area contributed by atoms with Gasteiger partial charge >= 0.3 is 8.80 Å². The first-order valence-corrected chi connectivity index (χ1v) is 7.11. The average Bonchev–Trinajstić information content (AvgIpc) is 2.26. The predicted octanol–water partition coefficient (Wildman–Crippen LogP) is 1.02. The molecule has 0 saturated carbocycles. The lowest BCUT2D eigenvalue weighted by molar-refractivity contribution is 0.160. The molecule has 0 spiro atoms. The Morgan fingerprint density at radius 3 is 2.40 bits per heavy atom. The number of unbranched alkanes of at least 4 members (excludes halogenated alkanes) is 2. The van der Waals surface area contributed by atoms with Crippen molar-refractivity contribution in [3.05, 3.63) is 30.3 Å². The van der Waals surface area contributed by atoms with E-state index in [9.17, 15) is 9.59 Å². The summed E-state index contributed by atoms with van der Waals surface area (Å²) in [4.78, 5) is 19.5. The van der Waals surface area contributed by atoms with Crippen molar-refractivity contribution in [1.29, 1.82) is 0 Å². The van der Waals surface area contributed by atoms with Crippen LogP contribution in [0.25, 0.3) is 0 Å². The molecule has 0 unspecified atom stereocenters. The SMILES string of the molecule is CCCCCO[Si](O)(O)c1ccccc1. The van der Waals surface area contributed by atoms with Crippen molar-refractivity contribution in [3.63, 3.8) is 0 Å². The molecule has 2 N–H and O–H groups in total. The van der Waals surface area contributed by atoms with E-state index in [1.807, 2.05) is 6.07 Å². The maximum absolute atomic E-state index is 9.76. The summed E-state index contributed by atoms with van der Waals surface area (Å²) in [7, 11) is -3.63. The number of hydrogen-bond acceptors (Lipinski definition) is 3. The summed E-state index contributed by atoms with van der Waals surface area (Å²) in [6.07, 6.45) is 3.03. The highest BCUT2D eigenvalue weighted by Gasteiger charge is 2.34. The average molecular weight is 226 g/mol. The van der Waals surface area contributed by atoms with Gasteiger partial charge in [-0.25, -0.2) is 0 Å². The van der Waals surface area contributed by atoms with Gasteiger partial charge in [0.05, 0.1) is 0 Å². The topological polar surface area (TPSA) is 49.7 Å². The Labute approximate surface area is 91.7 Å². The van der Waals surface area contributed by atoms with E-state index in [4.69, 9.17) is 4.43 Å². The normalized spacial score (nSPS) is 11.7. The molecule has 84 valence electrons. The molecule has 0 fully saturated rings. The molecule has 0 aliphatic heterocycles. The van der Waals surface area contributed by atoms with E-state index in [-0.39, 0.29) is 0 Å². The molecule has 0 amide bonds. The third-order valence-corrected chi connectivity index (χ3v) is 3.89. The summed E-state index contributed by atoms with van der Waals surface area (Å²) in [5.74, 6) is 0. The molecule has 4 heteroatoms. The van der Waals surface area contributed by atoms with Gasteiger partial charge in [0.2, 0.25) is 0 Å². The van der Waals surface area contributed by atoms with Crippen LogP contribution in [0.2, 0.25) is 0 Å². The molecular weight excluding hydrogens is 208 g/mol. The summed E-state index contributed by atoms with van der Waals surface area (Å²) < 4.78 is 5.17. The molecule has 15 heavy (non-hydrogen) atoms. The van der Waals surface area contributed by atoms with Gasteiger partial charge in [0.15, 0.2) is 0 Å². The molecule has 0 heterocycles. The fourth-order valence-electron chi connectivity index (χ4n) is 1.31. The Bertz CT molecular complexity index is 274. The van der Waals surface area contributed by atoms with Gasteiger partial charge in [-0.2, -0.15) is 0 Å². The van der Waals surface area contributed by atoms with E-state index >= 15 is 0 Å². The summed E-state index contributed by atoms with van der Waals surface area (Å²) in [5.41, 5.74) is 0. The van der Waals surface area contributed by atoms with E-state index in [1.165, 1.54) is 0 Å². The minimum atomic E-state index is -3.63. The summed E-state index contributed by atoms with van der Waals surface area (Å²) in [6, 6.07) is 8.76. The van der Waals surface area contributed by atoms with Crippen molar-refractivity contribution in [2.45, 2.75) is 26.2 Å². The van der Waals surface area contributed by atoms with Crippen molar-refractivity contribution in [2.75, 3.05) is 6.61 Å². The molecule has 0 atom stereocenters. The lowest BCUT2D eigenvalue weighted by Crippen LogP contribution is -2.51. The Hall–Kier alpha value is -0.683. The smallest absolute Gasteiger partial charge is 0.386 e. The van der Waals surface area contributed by atoms with E-state index in [0.717, 1.165) is 19.3 Å². The van der Waals surface area contributed by atoms with Crippen LogP contribution in [0.5, 0.6) is 0 Å². The second kappa shape index (κ2) is 6.02. The van der Waals surface area contributed by atoms with Crippen LogP contribution >= 0.6 is 0 Å². The zero-order chi connectivity index (χ0) is 11.1. The van der Waals surface area contributed by atoms with Gasteiger partial charge in [-0.1, -0.05) is 50.1 Å². The number of benzene rings is 1. The van der Waals surface area contributed by atoms with E-state index in [2.05, 4.69) is 6.92 Å². The zero-order valence-electron chi connectivity index (χ0n) is 9.02. The van der Waals surface area contributed by atoms with Crippen LogP contribution in [0.15, 0.2) is 30.3 Å². The maximum atomic E-state index is 9.76. The highest BCUT2D eigenvalue weighted by atomic mass is 28.4. The number of hydrogen-bond donors (Lipinski definition) is 2. The first-order valence-electron chi connectivity index (χ1n) is 5.31. The third kappa shape index (κ3) is 4.13. The van der Waals surface area contributed by atoms with E-state index in [1.54, 1.807) is 24.3 Å². The highest BCUT2D eigenvalue weighted by molar-refractivity contribution is 6.72. The molecule has 1 aromatic carbocycles. The van der Waals surface area contributed by atoms with E-state index < -0.39 is 8.80 Å². The Balaban J connectivity index is 2.45. The minimum Gasteiger partial charge on any atom is -0.386 e. The lowest BCUT2D eigenvalue weighted by atomic mass is 10.3. The van der Waals surface area contributed by atoms with Gasteiger partial charge in [0, 0.05) is 11.8 Å². The summed E-state index contributed by atoms with van der Waals surface area (Å²) >= 11 is 0. The molecule has 1 aromatic rings. The molecule has 0 bridgehead atoms. The van der Waals surface area contributed by atoms with E-state index in [0.29, 0.717) is 11.8 Å². The molecule has 0 aliphatic rings. The standard InChI is InChI=1S/C11H18O3Si/c1-2-3-7-10-14-15(12,13)11-8-5-4-6-9-11/h4-6,8-9,12-13H,2-3,7,10H2,1H3. The van der Waals surface area contributed by atoms with Crippen LogP contribution in [0.3, 0.4) is 0 Å². The second-order valence-electron chi connectivity index (χ2n) is 3.53. The molecule has 0 saturated heterocycles. The second-order valence-corrected chi connectivity index (χ2v) is 5.61. The van der Waals surface area contributed by atoms with Gasteiger partial charge in [0.1, 0.15) is 0 Å². The first-order chi connectivity index (χ1) is 7.17. The highest BCUT2D eigenvalue weighted by Crippen LogP contribution is 2.01. The maximum Gasteiger partial charge on any atom is 0.531 e. The molecule has 3 nitrogen and oxygen atoms in total. The van der Waals surface area contributed by atoms with Crippen molar-refractivity contribution >= 4 is 14.0 Å². The third-order valence-electron chi connectivity index (χ3n) is 2.20. The summed E-state index contributed by atoms with van der Waals surface area (Å²) in [6.45, 7) is 2.52. The van der Waals surface area contributed by atoms with Gasteiger partial charge < -0.3 is 14.0 Å². The lowest BCUT2D eigenvalue weighted by Gasteiger charge is -2.17. The van der Waals surface area contributed by atoms with Gasteiger partial charge in [-0.3, -0.25) is 0 Å². The monoisotopic (exact) mass is 226 g/mol. The Morgan fingerprint density at radius 1 is 1.13 bits per heavy atom. The molecular formula is C11H18O3Si. The molecule has 1 rings (SSSR count). The molecule has 0 aromatic heterocycles. The Morgan fingerprint density at radius 2 is 1.80 bits per heavy atom. The first kappa shape index (κ1) is 12.4.